The average Bonchev–Trinajstić information content (AvgIpc) is 1.59. The summed E-state index contributed by atoms with van der Waals surface area (Å²) in [5.74, 6) is 0. The molecule has 0 aliphatic rings. The van der Waals surface area contributed by atoms with Gasteiger partial charge in [-0.1, -0.05) is 0 Å². The van der Waals surface area contributed by atoms with Gasteiger partial charge in [-0.2, -0.15) is 0 Å². The number of rotatable bonds is 2. The van der Waals surface area contributed by atoms with Gasteiger partial charge in [-0.3, -0.25) is 0 Å². The predicted octanol–water partition coefficient (Wildman–Crippen LogP) is -5.34. The Bertz CT molecular complexity index is 127. The maximum absolute atomic E-state index is 11.8. The van der Waals surface area contributed by atoms with Gasteiger partial charge in [-0.15, -0.1) is 0 Å². The zero-order chi connectivity index (χ0) is 8.58. The molecule has 0 rings (SSSR count). The summed E-state index contributed by atoms with van der Waals surface area (Å²) in [4.78, 5) is 13.4. The van der Waals surface area contributed by atoms with E-state index in [9.17, 15) is 4.21 Å². The van der Waals surface area contributed by atoms with Crippen LogP contribution in [0.15, 0.2) is 0 Å². The Morgan fingerprint density at radius 3 is 1.00 bits per heavy atom. The molecular weight excluding hydrogens is 374 g/mol. The van der Waals surface area contributed by atoms with E-state index in [4.69, 9.17) is 0 Å². The monoisotopic (exact) mass is 392 g/mol. The second kappa shape index (κ2) is 3.55. The van der Waals surface area contributed by atoms with Crippen molar-refractivity contribution in [3.05, 3.63) is 0 Å². The summed E-state index contributed by atoms with van der Waals surface area (Å²) in [6.07, 6.45) is 0. The first-order chi connectivity index (χ1) is 4.15. The van der Waals surface area contributed by atoms with Crippen molar-refractivity contribution < 1.29 is 38.3 Å². The zero-order valence-corrected chi connectivity index (χ0v) is 12.7. The van der Waals surface area contributed by atoms with E-state index >= 15 is 0 Å². The fourth-order valence-corrected chi connectivity index (χ4v) is 70.9. The first kappa shape index (κ1) is 11.6. The Hall–Kier alpha value is 1.61. The maximum atomic E-state index is 11.8. The van der Waals surface area contributed by atoms with Gasteiger partial charge in [0, 0.05) is 0 Å². The van der Waals surface area contributed by atoms with E-state index in [0.29, 0.717) is 0 Å². The Morgan fingerprint density at radius 2 is 1.00 bits per heavy atom. The summed E-state index contributed by atoms with van der Waals surface area (Å²) in [6, 6.07) is 0. The topological polar surface area (TPSA) is 17.1 Å². The van der Waals surface area contributed by atoms with Crippen LogP contribution < -0.4 is 34.1 Å². The van der Waals surface area contributed by atoms with E-state index in [1.165, 1.54) is 0 Å². The van der Waals surface area contributed by atoms with Crippen molar-refractivity contribution in [3.63, 3.8) is 0 Å². The molecule has 4 heteroatoms. The third kappa shape index (κ3) is 3.85. The number of halogens is 2. The molecule has 0 radical (unpaired) electrons. The predicted molar refractivity (Wildman–Crippen MR) is 43.7 cm³/mol. The van der Waals surface area contributed by atoms with Gasteiger partial charge < -0.3 is 0 Å². The first-order valence-corrected chi connectivity index (χ1v) is 21.9. The van der Waals surface area contributed by atoms with Crippen LogP contribution in [0.2, 0.25) is 0 Å². The summed E-state index contributed by atoms with van der Waals surface area (Å²) in [6.45, 7) is 0. The molecule has 0 aliphatic carbocycles. The van der Waals surface area contributed by atoms with Crippen molar-refractivity contribution >= 4 is 5.14 Å². The van der Waals surface area contributed by atoms with Gasteiger partial charge in [0.15, 0.2) is 0 Å². The van der Waals surface area contributed by atoms with Gasteiger partial charge in [0.05, 0.1) is 0 Å². The Labute approximate surface area is 72.1 Å². The molecule has 0 spiro atoms. The van der Waals surface area contributed by atoms with Crippen LogP contribution in [-0.4, -0.2) is 33.8 Å². The van der Waals surface area contributed by atoms with Crippen LogP contribution in [0.3, 0.4) is 0 Å². The normalized spacial score (nSPS) is 17.5. The van der Waals surface area contributed by atoms with Crippen molar-refractivity contribution in [2.45, 2.75) is 0 Å². The molecule has 1 nitrogen and oxygen atoms in total. The minimum atomic E-state index is -1.74. The molecular formula is C6H18I2OS-2. The van der Waals surface area contributed by atoms with Crippen LogP contribution in [0, 0.1) is 0 Å². The molecule has 0 atom stereocenters. The Balaban J connectivity index is 4.40. The third-order valence-electron chi connectivity index (χ3n) is 0.728. The van der Waals surface area contributed by atoms with E-state index in [-0.39, 0.29) is 0 Å². The van der Waals surface area contributed by atoms with Crippen LogP contribution in [0.25, 0.3) is 0 Å². The molecule has 0 aliphatic heterocycles. The number of hydrogen-bond acceptors (Lipinski definition) is 1. The fraction of sp³-hybridized carbons (Fsp3) is 1.00. The number of alkyl halides is 6. The molecule has 0 aromatic rings. The first-order valence-electron chi connectivity index (χ1n) is 2.74. The summed E-state index contributed by atoms with van der Waals surface area (Å²) < 4.78 is 11.8. The second-order valence-corrected chi connectivity index (χ2v) is 44.3. The average molecular weight is 392 g/mol. The van der Waals surface area contributed by atoms with E-state index in [0.717, 1.165) is 0 Å². The van der Waals surface area contributed by atoms with Gasteiger partial charge in [0.25, 0.3) is 0 Å². The minimum absolute atomic E-state index is 0.395. The van der Waals surface area contributed by atoms with Gasteiger partial charge in [0.1, 0.15) is 0 Å². The van der Waals surface area contributed by atoms with Crippen molar-refractivity contribution in [2.75, 3.05) is 29.6 Å². The molecule has 0 aromatic heterocycles. The molecule has 0 aromatic carbocycles. The Kier molecular flexibility index (Phi) is 4.12. The molecule has 0 heterocycles. The van der Waals surface area contributed by atoms with Crippen LogP contribution in [0.4, 0.5) is 0 Å². The van der Waals surface area contributed by atoms with Crippen molar-refractivity contribution in [1.29, 1.82) is 0 Å². The Morgan fingerprint density at radius 1 is 0.800 bits per heavy atom. The molecule has 0 saturated carbocycles. The quantitative estimate of drug-likeness (QED) is 0.261. The van der Waals surface area contributed by atoms with Gasteiger partial charge >= 0.3 is 73.0 Å². The van der Waals surface area contributed by atoms with Crippen molar-refractivity contribution in [1.82, 2.24) is 0 Å². The molecule has 0 unspecified atom stereocenters. The fourth-order valence-electron chi connectivity index (χ4n) is 0.525. The van der Waals surface area contributed by atoms with Gasteiger partial charge in [-0.05, 0) is 0 Å². The van der Waals surface area contributed by atoms with E-state index in [1.807, 2.05) is 0 Å². The zero-order valence-electron chi connectivity index (χ0n) is 7.57. The molecule has 0 saturated heterocycles. The van der Waals surface area contributed by atoms with Crippen LogP contribution in [0.5, 0.6) is 0 Å². The van der Waals surface area contributed by atoms with E-state index in [1.54, 1.807) is 0 Å². The summed E-state index contributed by atoms with van der Waals surface area (Å²) >= 11 is -3.48. The van der Waals surface area contributed by atoms with E-state index in [2.05, 4.69) is 29.6 Å². The molecule has 0 amide bonds. The van der Waals surface area contributed by atoms with Gasteiger partial charge in [0.2, 0.25) is 0 Å². The van der Waals surface area contributed by atoms with Crippen LogP contribution >= 0.6 is 0 Å². The summed E-state index contributed by atoms with van der Waals surface area (Å²) in [7, 11) is 0. The van der Waals surface area contributed by atoms with E-state index < -0.39 is 39.2 Å². The molecule has 0 fully saturated rings. The second-order valence-electron chi connectivity index (χ2n) is 3.38. The molecule has 10 heavy (non-hydrogen) atoms. The van der Waals surface area contributed by atoms with Crippen LogP contribution in [-0.2, 0) is 5.14 Å². The van der Waals surface area contributed by atoms with Gasteiger partial charge in [-0.25, -0.2) is 0 Å². The number of hydrogen-bond donors (Lipinski definition) is 0. The molecule has 0 bridgehead atoms. The third-order valence-corrected chi connectivity index (χ3v) is 54.8. The molecule has 0 N–H and O–H groups in total. The standard InChI is InChI=1S/C6H18I2OS/c1-7(2,3)10(9)8(4,5)6/h1-6H3/q-2. The summed E-state index contributed by atoms with van der Waals surface area (Å²) in [5.41, 5.74) is 0. The molecule has 70 valence electrons. The van der Waals surface area contributed by atoms with Crippen LogP contribution in [0.1, 0.15) is 0 Å². The summed E-state index contributed by atoms with van der Waals surface area (Å²) in [5, 5.41) is -0.395. The van der Waals surface area contributed by atoms with Crippen molar-refractivity contribution in [3.8, 4) is 0 Å². The van der Waals surface area contributed by atoms with Crippen molar-refractivity contribution in [2.24, 2.45) is 0 Å². The SMILES string of the molecule is C[I-](C)(C)S(=O)[I-](C)(C)C.